The van der Waals surface area contributed by atoms with Crippen LogP contribution in [0.3, 0.4) is 0 Å². The van der Waals surface area contributed by atoms with Gasteiger partial charge in [0.05, 0.1) is 0 Å². The van der Waals surface area contributed by atoms with Crippen LogP contribution in [0.1, 0.15) is 49.0 Å². The molecule has 1 amide bonds. The predicted molar refractivity (Wildman–Crippen MR) is 81.4 cm³/mol. The van der Waals surface area contributed by atoms with Gasteiger partial charge >= 0.3 is 0 Å². The zero-order chi connectivity index (χ0) is 15.0. The molecule has 112 valence electrons. The molecule has 0 aromatic heterocycles. The van der Waals surface area contributed by atoms with Crippen molar-refractivity contribution in [2.24, 2.45) is 11.1 Å². The molecule has 1 rings (SSSR count). The summed E-state index contributed by atoms with van der Waals surface area (Å²) in [5.41, 5.74) is 7.18. The van der Waals surface area contributed by atoms with Gasteiger partial charge in [-0.3, -0.25) is 4.79 Å². The maximum Gasteiger partial charge on any atom is 0.251 e. The fourth-order valence-corrected chi connectivity index (χ4v) is 2.34. The van der Waals surface area contributed by atoms with Crippen LogP contribution >= 0.6 is 0 Å². The Balaban J connectivity index is 2.64. The van der Waals surface area contributed by atoms with E-state index in [1.165, 1.54) is 0 Å². The Morgan fingerprint density at radius 3 is 2.30 bits per heavy atom. The molecule has 0 atom stereocenters. The Labute approximate surface area is 121 Å². The molecule has 0 saturated carbocycles. The van der Waals surface area contributed by atoms with E-state index in [1.807, 2.05) is 12.1 Å². The molecule has 0 aliphatic carbocycles. The molecule has 0 saturated heterocycles. The summed E-state index contributed by atoms with van der Waals surface area (Å²) in [4.78, 5) is 12.1. The van der Waals surface area contributed by atoms with Crippen LogP contribution in [0.5, 0.6) is 0 Å². The number of amides is 1. The smallest absolute Gasteiger partial charge is 0.251 e. The van der Waals surface area contributed by atoms with Crippen molar-refractivity contribution in [1.82, 2.24) is 5.32 Å². The highest BCUT2D eigenvalue weighted by molar-refractivity contribution is 5.94. The maximum absolute atomic E-state index is 12.1. The fourth-order valence-electron chi connectivity index (χ4n) is 2.34. The number of rotatable bonds is 8. The minimum atomic E-state index is -0.0715. The molecule has 0 spiro atoms. The van der Waals surface area contributed by atoms with Gasteiger partial charge in [0.25, 0.3) is 5.91 Å². The fraction of sp³-hybridized carbons (Fsp3) is 0.562. The first-order chi connectivity index (χ1) is 9.60. The average Bonchev–Trinajstić information content (AvgIpc) is 2.51. The van der Waals surface area contributed by atoms with Crippen molar-refractivity contribution in [3.05, 3.63) is 35.4 Å². The molecule has 20 heavy (non-hydrogen) atoms. The molecular weight excluding hydrogens is 252 g/mol. The number of carbonyl (C=O) groups excluding carboxylic acids is 1. The molecule has 0 aliphatic heterocycles. The summed E-state index contributed by atoms with van der Waals surface area (Å²) in [6.07, 6.45) is 2.60. The second-order valence-electron chi connectivity index (χ2n) is 5.26. The number of hydrogen-bond acceptors (Lipinski definition) is 3. The van der Waals surface area contributed by atoms with Gasteiger partial charge in [-0.05, 0) is 42.4 Å². The first-order valence-electron chi connectivity index (χ1n) is 7.29. The van der Waals surface area contributed by atoms with Crippen LogP contribution in [0.4, 0.5) is 0 Å². The van der Waals surface area contributed by atoms with Crippen LogP contribution in [-0.4, -0.2) is 24.2 Å². The summed E-state index contributed by atoms with van der Waals surface area (Å²) in [5.74, 6) is -0.0715. The van der Waals surface area contributed by atoms with Crippen molar-refractivity contribution >= 4 is 5.91 Å². The number of benzene rings is 1. The molecule has 0 bridgehead atoms. The van der Waals surface area contributed by atoms with E-state index in [1.54, 1.807) is 12.1 Å². The molecule has 0 unspecified atom stereocenters. The lowest BCUT2D eigenvalue weighted by Crippen LogP contribution is -2.37. The third-order valence-electron chi connectivity index (χ3n) is 4.22. The van der Waals surface area contributed by atoms with Gasteiger partial charge in [-0.1, -0.05) is 26.0 Å². The number of aliphatic hydroxyl groups is 1. The van der Waals surface area contributed by atoms with Crippen LogP contribution in [-0.2, 0) is 6.54 Å². The number of hydrogen-bond donors (Lipinski definition) is 3. The summed E-state index contributed by atoms with van der Waals surface area (Å²) >= 11 is 0. The van der Waals surface area contributed by atoms with Gasteiger partial charge in [0.1, 0.15) is 0 Å². The van der Waals surface area contributed by atoms with E-state index in [0.29, 0.717) is 25.1 Å². The van der Waals surface area contributed by atoms with Crippen molar-refractivity contribution in [2.75, 3.05) is 13.2 Å². The summed E-state index contributed by atoms with van der Waals surface area (Å²) in [6, 6.07) is 7.33. The first-order valence-corrected chi connectivity index (χ1v) is 7.29. The Bertz CT molecular complexity index is 411. The number of nitrogens with two attached hydrogens (primary N) is 1. The van der Waals surface area contributed by atoms with Gasteiger partial charge in [0, 0.05) is 25.3 Å². The minimum Gasteiger partial charge on any atom is -0.396 e. The van der Waals surface area contributed by atoms with Gasteiger partial charge in [-0.2, -0.15) is 0 Å². The van der Waals surface area contributed by atoms with Crippen LogP contribution in [0.2, 0.25) is 0 Å². The van der Waals surface area contributed by atoms with E-state index in [9.17, 15) is 9.90 Å². The predicted octanol–water partition coefficient (Wildman–Crippen LogP) is 2.06. The van der Waals surface area contributed by atoms with Gasteiger partial charge < -0.3 is 16.2 Å². The number of nitrogens with one attached hydrogen (secondary N) is 1. The van der Waals surface area contributed by atoms with E-state index < -0.39 is 0 Å². The lowest BCUT2D eigenvalue weighted by atomic mass is 9.79. The zero-order valence-electron chi connectivity index (χ0n) is 12.5. The Kier molecular flexibility index (Phi) is 6.68. The van der Waals surface area contributed by atoms with E-state index >= 15 is 0 Å². The molecule has 4 heteroatoms. The van der Waals surface area contributed by atoms with E-state index in [0.717, 1.165) is 18.4 Å². The van der Waals surface area contributed by atoms with Gasteiger partial charge in [0.15, 0.2) is 0 Å². The van der Waals surface area contributed by atoms with Crippen LogP contribution < -0.4 is 11.1 Å². The minimum absolute atomic E-state index is 0.0123. The quantitative estimate of drug-likeness (QED) is 0.681. The normalized spacial score (nSPS) is 11.4. The molecule has 0 fully saturated rings. The monoisotopic (exact) mass is 278 g/mol. The highest BCUT2D eigenvalue weighted by atomic mass is 16.3. The summed E-state index contributed by atoms with van der Waals surface area (Å²) in [7, 11) is 0. The van der Waals surface area contributed by atoms with Crippen molar-refractivity contribution < 1.29 is 9.90 Å². The standard InChI is InChI=1S/C16H26N2O2/c1-3-16(4-2,9-10-19)12-18-15(20)14-7-5-13(11-17)6-8-14/h5-8,19H,3-4,9-12,17H2,1-2H3,(H,18,20). The Morgan fingerprint density at radius 1 is 1.25 bits per heavy atom. The van der Waals surface area contributed by atoms with Crippen LogP contribution in [0.15, 0.2) is 24.3 Å². The van der Waals surface area contributed by atoms with Crippen molar-refractivity contribution in [2.45, 2.75) is 39.7 Å². The lowest BCUT2D eigenvalue weighted by molar-refractivity contribution is 0.0907. The van der Waals surface area contributed by atoms with E-state index in [2.05, 4.69) is 19.2 Å². The van der Waals surface area contributed by atoms with E-state index in [-0.39, 0.29) is 17.9 Å². The number of aliphatic hydroxyl groups excluding tert-OH is 1. The van der Waals surface area contributed by atoms with E-state index in [4.69, 9.17) is 5.73 Å². The second kappa shape index (κ2) is 8.02. The van der Waals surface area contributed by atoms with Crippen LogP contribution in [0.25, 0.3) is 0 Å². The Hall–Kier alpha value is -1.39. The molecule has 4 nitrogen and oxygen atoms in total. The van der Waals surface area contributed by atoms with Crippen molar-refractivity contribution in [1.29, 1.82) is 0 Å². The molecule has 1 aromatic carbocycles. The highest BCUT2D eigenvalue weighted by Gasteiger charge is 2.26. The Morgan fingerprint density at radius 2 is 1.85 bits per heavy atom. The second-order valence-corrected chi connectivity index (χ2v) is 5.26. The van der Waals surface area contributed by atoms with Gasteiger partial charge in [-0.25, -0.2) is 0 Å². The zero-order valence-corrected chi connectivity index (χ0v) is 12.5. The molecule has 0 heterocycles. The number of carbonyl (C=O) groups is 1. The molecule has 0 radical (unpaired) electrons. The van der Waals surface area contributed by atoms with Gasteiger partial charge in [-0.15, -0.1) is 0 Å². The van der Waals surface area contributed by atoms with Gasteiger partial charge in [0.2, 0.25) is 0 Å². The maximum atomic E-state index is 12.1. The topological polar surface area (TPSA) is 75.3 Å². The summed E-state index contributed by atoms with van der Waals surface area (Å²) in [5, 5.41) is 12.2. The highest BCUT2D eigenvalue weighted by Crippen LogP contribution is 2.29. The van der Waals surface area contributed by atoms with Crippen molar-refractivity contribution in [3.63, 3.8) is 0 Å². The average molecular weight is 278 g/mol. The lowest BCUT2D eigenvalue weighted by Gasteiger charge is -2.31. The van der Waals surface area contributed by atoms with Crippen LogP contribution in [0, 0.1) is 5.41 Å². The first kappa shape index (κ1) is 16.7. The molecule has 0 aliphatic rings. The third-order valence-corrected chi connectivity index (χ3v) is 4.22. The third kappa shape index (κ3) is 4.32. The molecule has 1 aromatic rings. The summed E-state index contributed by atoms with van der Waals surface area (Å²) in [6.45, 7) is 5.43. The van der Waals surface area contributed by atoms with Crippen molar-refractivity contribution in [3.8, 4) is 0 Å². The largest absolute Gasteiger partial charge is 0.396 e. The molecule has 4 N–H and O–H groups in total. The SMILES string of the molecule is CCC(CC)(CCO)CNC(=O)c1ccc(CN)cc1. The molecular formula is C16H26N2O2. The summed E-state index contributed by atoms with van der Waals surface area (Å²) < 4.78 is 0.